The van der Waals surface area contributed by atoms with Crippen molar-refractivity contribution in [3.05, 3.63) is 102 Å². The van der Waals surface area contributed by atoms with Gasteiger partial charge in [-0.2, -0.15) is 0 Å². The van der Waals surface area contributed by atoms with E-state index in [1.807, 2.05) is 0 Å². The smallest absolute Gasteiger partial charge is 0.119 e. The lowest BCUT2D eigenvalue weighted by Gasteiger charge is -2.27. The molecule has 5 rings (SSSR count). The van der Waals surface area contributed by atoms with Crippen molar-refractivity contribution < 1.29 is 4.84 Å². The average molecular weight is 341 g/mol. The predicted molar refractivity (Wildman–Crippen MR) is 105 cm³/mol. The number of benzene rings is 3. The van der Waals surface area contributed by atoms with Gasteiger partial charge in [0.15, 0.2) is 0 Å². The fourth-order valence-electron chi connectivity index (χ4n) is 4.36. The van der Waals surface area contributed by atoms with Crippen LogP contribution in [0.5, 0.6) is 0 Å². The molecule has 0 radical (unpaired) electrons. The molecule has 0 N–H and O–H groups in total. The van der Waals surface area contributed by atoms with Crippen LogP contribution in [0.4, 0.5) is 5.69 Å². The molecule has 1 saturated heterocycles. The summed E-state index contributed by atoms with van der Waals surface area (Å²) in [4.78, 5) is 6.64. The van der Waals surface area contributed by atoms with Crippen LogP contribution in [0.25, 0.3) is 0 Å². The lowest BCUT2D eigenvalue weighted by molar-refractivity contribution is 0.0639. The van der Waals surface area contributed by atoms with E-state index in [0.29, 0.717) is 0 Å². The molecule has 0 unspecified atom stereocenters. The molecule has 1 aliphatic carbocycles. The van der Waals surface area contributed by atoms with Crippen LogP contribution in [0.3, 0.4) is 0 Å². The van der Waals surface area contributed by atoms with Gasteiger partial charge in [-0.05, 0) is 43.0 Å². The second-order valence-corrected chi connectivity index (χ2v) is 7.60. The zero-order valence-electron chi connectivity index (χ0n) is 15.0. The minimum atomic E-state index is 0.107. The van der Waals surface area contributed by atoms with Gasteiger partial charge in [0, 0.05) is 5.41 Å². The molecule has 3 aromatic rings. The van der Waals surface area contributed by atoms with Crippen molar-refractivity contribution >= 4 is 5.69 Å². The summed E-state index contributed by atoms with van der Waals surface area (Å²) in [5.74, 6) is 0. The Morgan fingerprint density at radius 3 is 2.00 bits per heavy atom. The largest absolute Gasteiger partial charge is 0.264 e. The maximum absolute atomic E-state index is 6.64. The second kappa shape index (κ2) is 6.00. The summed E-state index contributed by atoms with van der Waals surface area (Å²) in [5, 5.41) is 2.16. The number of rotatable bonds is 3. The summed E-state index contributed by atoms with van der Waals surface area (Å²) in [6.07, 6.45) is 2.51. The third-order valence-corrected chi connectivity index (χ3v) is 5.85. The van der Waals surface area contributed by atoms with Crippen LogP contribution in [0.1, 0.15) is 41.7 Å². The van der Waals surface area contributed by atoms with Crippen LogP contribution < -0.4 is 5.06 Å². The first-order valence-corrected chi connectivity index (χ1v) is 9.40. The van der Waals surface area contributed by atoms with Crippen molar-refractivity contribution in [1.82, 2.24) is 0 Å². The van der Waals surface area contributed by atoms with E-state index in [0.717, 1.165) is 5.69 Å². The highest BCUT2D eigenvalue weighted by Crippen LogP contribution is 2.70. The van der Waals surface area contributed by atoms with Crippen LogP contribution in [0.15, 0.2) is 84.9 Å². The zero-order chi connectivity index (χ0) is 17.6. The van der Waals surface area contributed by atoms with Crippen LogP contribution in [-0.2, 0) is 4.84 Å². The van der Waals surface area contributed by atoms with Gasteiger partial charge >= 0.3 is 0 Å². The number of hydrogen-bond acceptors (Lipinski definition) is 2. The molecule has 1 aliphatic heterocycles. The summed E-state index contributed by atoms with van der Waals surface area (Å²) in [7, 11) is 0. The highest BCUT2D eigenvalue weighted by Gasteiger charge is 2.64. The van der Waals surface area contributed by atoms with Gasteiger partial charge in [0.05, 0.1) is 11.7 Å². The summed E-state index contributed by atoms with van der Waals surface area (Å²) < 4.78 is 0. The Hall–Kier alpha value is -2.58. The molecule has 0 aromatic heterocycles. The highest BCUT2D eigenvalue weighted by atomic mass is 16.7. The number of para-hydroxylation sites is 1. The number of hydroxylamine groups is 1. The van der Waals surface area contributed by atoms with Gasteiger partial charge in [-0.1, -0.05) is 78.4 Å². The van der Waals surface area contributed by atoms with Crippen LogP contribution >= 0.6 is 0 Å². The minimum absolute atomic E-state index is 0.107. The fraction of sp³-hybridized carbons (Fsp3) is 0.250. The Morgan fingerprint density at radius 2 is 1.38 bits per heavy atom. The molecular formula is C24H23NO. The Balaban J connectivity index is 1.62. The van der Waals surface area contributed by atoms with E-state index < -0.39 is 0 Å². The Bertz CT molecular complexity index is 885. The van der Waals surface area contributed by atoms with Crippen LogP contribution in [0.2, 0.25) is 0 Å². The molecule has 1 heterocycles. The van der Waals surface area contributed by atoms with Gasteiger partial charge < -0.3 is 0 Å². The van der Waals surface area contributed by atoms with Gasteiger partial charge in [-0.3, -0.25) is 4.84 Å². The Labute approximate surface area is 155 Å². The molecule has 130 valence electrons. The van der Waals surface area contributed by atoms with E-state index in [2.05, 4.69) is 96.9 Å². The van der Waals surface area contributed by atoms with Crippen molar-refractivity contribution in [2.75, 3.05) is 5.06 Å². The van der Waals surface area contributed by atoms with Gasteiger partial charge in [0.2, 0.25) is 0 Å². The molecule has 26 heavy (non-hydrogen) atoms. The zero-order valence-corrected chi connectivity index (χ0v) is 15.0. The van der Waals surface area contributed by atoms with E-state index in [9.17, 15) is 0 Å². The fourth-order valence-corrected chi connectivity index (χ4v) is 4.36. The quantitative estimate of drug-likeness (QED) is 0.578. The third kappa shape index (κ3) is 2.45. The van der Waals surface area contributed by atoms with Gasteiger partial charge in [0.1, 0.15) is 6.10 Å². The summed E-state index contributed by atoms with van der Waals surface area (Å²) >= 11 is 0. The lowest BCUT2D eigenvalue weighted by Crippen LogP contribution is -2.24. The van der Waals surface area contributed by atoms with E-state index in [1.54, 1.807) is 0 Å². The monoisotopic (exact) mass is 341 g/mol. The van der Waals surface area contributed by atoms with E-state index in [1.165, 1.54) is 29.5 Å². The normalized spacial score (nSPS) is 23.3. The Morgan fingerprint density at radius 1 is 0.769 bits per heavy atom. The lowest BCUT2D eigenvalue weighted by atomic mass is 9.83. The molecule has 3 aromatic carbocycles. The van der Waals surface area contributed by atoms with Crippen molar-refractivity contribution in [1.29, 1.82) is 0 Å². The van der Waals surface area contributed by atoms with Crippen molar-refractivity contribution in [2.24, 2.45) is 5.41 Å². The molecule has 1 spiro atoms. The summed E-state index contributed by atoms with van der Waals surface area (Å²) in [5.41, 5.74) is 5.20. The molecule has 2 heteroatoms. The predicted octanol–water partition coefficient (Wildman–Crippen LogP) is 6.01. The molecule has 0 bridgehead atoms. The summed E-state index contributed by atoms with van der Waals surface area (Å²) in [6.45, 7) is 2.14. The standard InChI is InChI=1S/C24H23NO/c1-18-12-14-19(15-13-18)22-24(16-17-24)23(20-8-4-2-5-9-20)26-25(22)21-10-6-3-7-11-21/h2-15,22-23H,16-17H2,1H3/t22-,23+/m0/s1. The number of hydrogen-bond donors (Lipinski definition) is 0. The molecule has 2 nitrogen and oxygen atoms in total. The average Bonchev–Trinajstić information content (AvgIpc) is 3.40. The molecule has 2 atom stereocenters. The van der Waals surface area contributed by atoms with Crippen LogP contribution in [0, 0.1) is 12.3 Å². The summed E-state index contributed by atoms with van der Waals surface area (Å²) in [6, 6.07) is 30.4. The van der Waals surface area contributed by atoms with Gasteiger partial charge in [0.25, 0.3) is 0 Å². The first kappa shape index (κ1) is 15.7. The molecule has 2 fully saturated rings. The molecule has 1 saturated carbocycles. The second-order valence-electron chi connectivity index (χ2n) is 7.60. The minimum Gasteiger partial charge on any atom is -0.264 e. The van der Waals surface area contributed by atoms with Crippen molar-refractivity contribution in [3.63, 3.8) is 0 Å². The third-order valence-electron chi connectivity index (χ3n) is 5.85. The van der Waals surface area contributed by atoms with E-state index in [-0.39, 0.29) is 17.6 Å². The van der Waals surface area contributed by atoms with Gasteiger partial charge in [-0.25, -0.2) is 5.06 Å². The SMILES string of the molecule is Cc1ccc([C@@H]2N(c3ccccc3)O[C@H](c3ccccc3)C23CC3)cc1. The van der Waals surface area contributed by atoms with Crippen LogP contribution in [-0.4, -0.2) is 0 Å². The molecular weight excluding hydrogens is 318 g/mol. The first-order chi connectivity index (χ1) is 12.8. The van der Waals surface area contributed by atoms with Crippen molar-refractivity contribution in [2.45, 2.75) is 31.9 Å². The van der Waals surface area contributed by atoms with E-state index in [4.69, 9.17) is 4.84 Å². The van der Waals surface area contributed by atoms with Crippen molar-refractivity contribution in [3.8, 4) is 0 Å². The number of aryl methyl sites for hydroxylation is 1. The highest BCUT2D eigenvalue weighted by molar-refractivity contribution is 5.50. The molecule has 2 aliphatic rings. The van der Waals surface area contributed by atoms with E-state index >= 15 is 0 Å². The number of nitrogens with zero attached hydrogens (tertiary/aromatic N) is 1. The molecule has 0 amide bonds. The topological polar surface area (TPSA) is 12.5 Å². The Kier molecular flexibility index (Phi) is 3.61. The first-order valence-electron chi connectivity index (χ1n) is 9.40. The maximum atomic E-state index is 6.64. The maximum Gasteiger partial charge on any atom is 0.119 e. The van der Waals surface area contributed by atoms with Gasteiger partial charge in [-0.15, -0.1) is 0 Å². The number of anilines is 1.